The van der Waals surface area contributed by atoms with Crippen molar-refractivity contribution in [1.29, 1.82) is 0 Å². The molecule has 0 spiro atoms. The minimum atomic E-state index is -0.335. The molecule has 1 amide bonds. The number of aromatic nitrogens is 4. The first kappa shape index (κ1) is 16.7. The minimum Gasteiger partial charge on any atom is -0.325 e. The summed E-state index contributed by atoms with van der Waals surface area (Å²) in [5.74, 6) is 0.505. The standard InChI is InChI=1S/C18H16FN5OS/c19-13-1-3-14(4-2-13)21-16(25)11-26-18-23-22-17(24(18)15-5-6-15)12-7-9-20-10-8-12/h1-4,7-10,15H,5-6,11H2,(H,21,25). The molecule has 0 aliphatic heterocycles. The number of benzene rings is 1. The molecule has 6 nitrogen and oxygen atoms in total. The molecule has 0 saturated heterocycles. The fraction of sp³-hybridized carbons (Fsp3) is 0.222. The van der Waals surface area contributed by atoms with Gasteiger partial charge in [0.2, 0.25) is 5.91 Å². The van der Waals surface area contributed by atoms with Gasteiger partial charge in [-0.15, -0.1) is 10.2 Å². The zero-order valence-corrected chi connectivity index (χ0v) is 14.6. The molecule has 1 aliphatic rings. The summed E-state index contributed by atoms with van der Waals surface area (Å²) in [7, 11) is 0. The lowest BCUT2D eigenvalue weighted by Crippen LogP contribution is -2.14. The number of carbonyl (C=O) groups excluding carboxylic acids is 1. The molecular formula is C18H16FN5OS. The number of rotatable bonds is 6. The Hall–Kier alpha value is -2.74. The van der Waals surface area contributed by atoms with Crippen LogP contribution in [-0.2, 0) is 4.79 Å². The van der Waals surface area contributed by atoms with Crippen LogP contribution < -0.4 is 5.32 Å². The van der Waals surface area contributed by atoms with Crippen molar-refractivity contribution < 1.29 is 9.18 Å². The first-order valence-corrected chi connectivity index (χ1v) is 9.23. The van der Waals surface area contributed by atoms with Crippen LogP contribution in [0.2, 0.25) is 0 Å². The summed E-state index contributed by atoms with van der Waals surface area (Å²) in [5.41, 5.74) is 1.53. The van der Waals surface area contributed by atoms with Gasteiger partial charge in [-0.3, -0.25) is 14.3 Å². The monoisotopic (exact) mass is 369 g/mol. The van der Waals surface area contributed by atoms with E-state index in [1.807, 2.05) is 12.1 Å². The van der Waals surface area contributed by atoms with Gasteiger partial charge in [0.1, 0.15) is 5.82 Å². The number of amides is 1. The van der Waals surface area contributed by atoms with Crippen molar-refractivity contribution in [2.75, 3.05) is 11.1 Å². The van der Waals surface area contributed by atoms with Gasteiger partial charge >= 0.3 is 0 Å². The molecule has 0 bridgehead atoms. The second-order valence-electron chi connectivity index (χ2n) is 5.99. The van der Waals surface area contributed by atoms with E-state index in [2.05, 4.69) is 25.1 Å². The van der Waals surface area contributed by atoms with Gasteiger partial charge in [-0.2, -0.15) is 0 Å². The number of anilines is 1. The topological polar surface area (TPSA) is 72.7 Å². The number of hydrogen-bond donors (Lipinski definition) is 1. The molecule has 0 radical (unpaired) electrons. The normalized spacial score (nSPS) is 13.6. The predicted molar refractivity (Wildman–Crippen MR) is 97.3 cm³/mol. The van der Waals surface area contributed by atoms with Crippen LogP contribution in [0.4, 0.5) is 10.1 Å². The van der Waals surface area contributed by atoms with E-state index in [9.17, 15) is 9.18 Å². The quantitative estimate of drug-likeness (QED) is 0.673. The molecule has 0 atom stereocenters. The van der Waals surface area contributed by atoms with E-state index in [0.717, 1.165) is 29.4 Å². The van der Waals surface area contributed by atoms with E-state index in [1.54, 1.807) is 12.4 Å². The van der Waals surface area contributed by atoms with Gasteiger partial charge in [0.05, 0.1) is 5.75 Å². The molecule has 2 heterocycles. The number of nitrogens with one attached hydrogen (secondary N) is 1. The Balaban J connectivity index is 1.46. The van der Waals surface area contributed by atoms with Crippen LogP contribution in [0.1, 0.15) is 18.9 Å². The Morgan fingerprint density at radius 2 is 1.88 bits per heavy atom. The summed E-state index contributed by atoms with van der Waals surface area (Å²) in [6, 6.07) is 9.88. The Bertz CT molecular complexity index is 909. The summed E-state index contributed by atoms with van der Waals surface area (Å²) in [6.45, 7) is 0. The van der Waals surface area contributed by atoms with E-state index >= 15 is 0 Å². The van der Waals surface area contributed by atoms with Gasteiger partial charge in [-0.1, -0.05) is 11.8 Å². The Kier molecular flexibility index (Phi) is 4.66. The van der Waals surface area contributed by atoms with Crippen LogP contribution in [-0.4, -0.2) is 31.4 Å². The van der Waals surface area contributed by atoms with E-state index in [1.165, 1.54) is 36.0 Å². The van der Waals surface area contributed by atoms with Crippen LogP contribution in [0.3, 0.4) is 0 Å². The molecular weight excluding hydrogens is 353 g/mol. The lowest BCUT2D eigenvalue weighted by atomic mass is 10.2. The molecule has 8 heteroatoms. The SMILES string of the molecule is O=C(CSc1nnc(-c2ccncc2)n1C1CC1)Nc1ccc(F)cc1. The van der Waals surface area contributed by atoms with Gasteiger partial charge in [-0.05, 0) is 49.2 Å². The second-order valence-corrected chi connectivity index (χ2v) is 6.93. The highest BCUT2D eigenvalue weighted by Crippen LogP contribution is 2.40. The summed E-state index contributed by atoms with van der Waals surface area (Å²) < 4.78 is 15.0. The van der Waals surface area contributed by atoms with E-state index in [0.29, 0.717) is 11.7 Å². The third-order valence-corrected chi connectivity index (χ3v) is 4.92. The van der Waals surface area contributed by atoms with Crippen molar-refractivity contribution in [3.05, 3.63) is 54.6 Å². The highest BCUT2D eigenvalue weighted by molar-refractivity contribution is 7.99. The maximum Gasteiger partial charge on any atom is 0.234 e. The molecule has 0 unspecified atom stereocenters. The fourth-order valence-corrected chi connectivity index (χ4v) is 3.40. The molecule has 132 valence electrons. The highest BCUT2D eigenvalue weighted by Gasteiger charge is 2.30. The zero-order valence-electron chi connectivity index (χ0n) is 13.8. The number of nitrogens with zero attached hydrogens (tertiary/aromatic N) is 4. The van der Waals surface area contributed by atoms with Crippen molar-refractivity contribution in [2.24, 2.45) is 0 Å². The van der Waals surface area contributed by atoms with Gasteiger partial charge in [-0.25, -0.2) is 4.39 Å². The first-order chi connectivity index (χ1) is 12.7. The van der Waals surface area contributed by atoms with E-state index in [-0.39, 0.29) is 17.5 Å². The molecule has 2 aromatic heterocycles. The van der Waals surface area contributed by atoms with E-state index < -0.39 is 0 Å². The highest BCUT2D eigenvalue weighted by atomic mass is 32.2. The summed E-state index contributed by atoms with van der Waals surface area (Å²) in [5, 5.41) is 12.1. The third-order valence-electron chi connectivity index (χ3n) is 3.98. The molecule has 4 rings (SSSR count). The number of carbonyl (C=O) groups is 1. The smallest absolute Gasteiger partial charge is 0.234 e. The number of hydrogen-bond acceptors (Lipinski definition) is 5. The van der Waals surface area contributed by atoms with Gasteiger partial charge in [0, 0.05) is 29.7 Å². The number of thioether (sulfide) groups is 1. The van der Waals surface area contributed by atoms with E-state index in [4.69, 9.17) is 0 Å². The number of pyridine rings is 1. The number of halogens is 1. The molecule has 3 aromatic rings. The van der Waals surface area contributed by atoms with Crippen LogP contribution >= 0.6 is 11.8 Å². The average molecular weight is 369 g/mol. The van der Waals surface area contributed by atoms with Crippen molar-refractivity contribution >= 4 is 23.4 Å². The molecule has 1 aromatic carbocycles. The largest absolute Gasteiger partial charge is 0.325 e. The van der Waals surface area contributed by atoms with Gasteiger partial charge in [0.25, 0.3) is 0 Å². The average Bonchev–Trinajstić information content (AvgIpc) is 3.41. The van der Waals surface area contributed by atoms with Gasteiger partial charge < -0.3 is 5.32 Å². The molecule has 1 aliphatic carbocycles. The van der Waals surface area contributed by atoms with Crippen LogP contribution in [0, 0.1) is 5.82 Å². The Morgan fingerprint density at radius 1 is 1.15 bits per heavy atom. The molecule has 26 heavy (non-hydrogen) atoms. The van der Waals surface area contributed by atoms with Crippen molar-refractivity contribution in [3.63, 3.8) is 0 Å². The minimum absolute atomic E-state index is 0.169. The van der Waals surface area contributed by atoms with Crippen molar-refractivity contribution in [2.45, 2.75) is 24.0 Å². The second kappa shape index (κ2) is 7.25. The molecule has 1 fully saturated rings. The lowest BCUT2D eigenvalue weighted by molar-refractivity contribution is -0.113. The van der Waals surface area contributed by atoms with Crippen LogP contribution in [0.15, 0.2) is 53.9 Å². The Labute approximate surface area is 153 Å². The first-order valence-electron chi connectivity index (χ1n) is 8.24. The maximum absolute atomic E-state index is 12.9. The van der Waals surface area contributed by atoms with Crippen LogP contribution in [0.25, 0.3) is 11.4 Å². The van der Waals surface area contributed by atoms with Gasteiger partial charge in [0.15, 0.2) is 11.0 Å². The summed E-state index contributed by atoms with van der Waals surface area (Å²) >= 11 is 1.35. The van der Waals surface area contributed by atoms with Crippen molar-refractivity contribution in [3.8, 4) is 11.4 Å². The maximum atomic E-state index is 12.9. The molecule has 1 saturated carbocycles. The van der Waals surface area contributed by atoms with Crippen molar-refractivity contribution in [1.82, 2.24) is 19.7 Å². The van der Waals surface area contributed by atoms with Crippen LogP contribution in [0.5, 0.6) is 0 Å². The molecule has 1 N–H and O–H groups in total. The predicted octanol–water partition coefficient (Wildman–Crippen LogP) is 3.54. The lowest BCUT2D eigenvalue weighted by Gasteiger charge is -2.09. The summed E-state index contributed by atoms with van der Waals surface area (Å²) in [4.78, 5) is 16.2. The fourth-order valence-electron chi connectivity index (χ4n) is 2.60. The Morgan fingerprint density at radius 3 is 2.58 bits per heavy atom. The summed E-state index contributed by atoms with van der Waals surface area (Å²) in [6.07, 6.45) is 5.63. The zero-order chi connectivity index (χ0) is 17.9. The third kappa shape index (κ3) is 3.75.